The van der Waals surface area contributed by atoms with E-state index in [4.69, 9.17) is 14.2 Å². The maximum absolute atomic E-state index is 12.3. The number of benzene rings is 3. The number of carbonyl (C=O) groups is 2. The van der Waals surface area contributed by atoms with Crippen molar-refractivity contribution in [1.82, 2.24) is 5.43 Å². The smallest absolute Gasteiger partial charge is 0.344 e. The number of hydrazone groups is 1. The topological polar surface area (TPSA) is 86.2 Å². The van der Waals surface area contributed by atoms with Gasteiger partial charge in [0, 0.05) is 4.47 Å². The van der Waals surface area contributed by atoms with E-state index < -0.39 is 11.9 Å². The molecule has 0 radical (unpaired) electrons. The fourth-order valence-corrected chi connectivity index (χ4v) is 3.34. The van der Waals surface area contributed by atoms with Crippen molar-refractivity contribution in [2.45, 2.75) is 6.42 Å². The van der Waals surface area contributed by atoms with Gasteiger partial charge in [0.15, 0.2) is 18.1 Å². The Morgan fingerprint density at radius 2 is 1.82 bits per heavy atom. The second kappa shape index (κ2) is 12.4. The quantitative estimate of drug-likeness (QED) is 0.134. The van der Waals surface area contributed by atoms with Crippen LogP contribution in [0.25, 0.3) is 0 Å². The van der Waals surface area contributed by atoms with Gasteiger partial charge in [-0.2, -0.15) is 5.10 Å². The first-order valence-electron chi connectivity index (χ1n) is 10.3. The molecule has 174 valence electrons. The highest BCUT2D eigenvalue weighted by molar-refractivity contribution is 9.10. The first-order valence-corrected chi connectivity index (χ1v) is 11.1. The highest BCUT2D eigenvalue weighted by Gasteiger charge is 2.12. The standard InChI is InChI=1S/C26H23BrN2O5/c1-3-6-18-11-14-23(24(15-18)32-2)33-17-25(30)29-28-16-19-9-12-20(13-10-19)34-26(31)21-7-4-5-8-22(21)27/h3-5,7-16H,1,6,17H2,2H3,(H,29,30)/b28-16+. The molecule has 0 bridgehead atoms. The van der Waals surface area contributed by atoms with Crippen LogP contribution in [-0.2, 0) is 11.2 Å². The van der Waals surface area contributed by atoms with Crippen LogP contribution >= 0.6 is 15.9 Å². The van der Waals surface area contributed by atoms with Gasteiger partial charge in [-0.15, -0.1) is 6.58 Å². The number of hydrogen-bond donors (Lipinski definition) is 1. The summed E-state index contributed by atoms with van der Waals surface area (Å²) in [4.78, 5) is 24.3. The highest BCUT2D eigenvalue weighted by atomic mass is 79.9. The van der Waals surface area contributed by atoms with E-state index in [0.29, 0.717) is 39.3 Å². The van der Waals surface area contributed by atoms with Crippen LogP contribution < -0.4 is 19.6 Å². The lowest BCUT2D eigenvalue weighted by Gasteiger charge is -2.11. The average molecular weight is 523 g/mol. The summed E-state index contributed by atoms with van der Waals surface area (Å²) in [5, 5.41) is 3.92. The number of nitrogens with zero attached hydrogens (tertiary/aromatic N) is 1. The third kappa shape index (κ3) is 7.05. The number of nitrogens with one attached hydrogen (secondary N) is 1. The molecule has 0 fully saturated rings. The zero-order valence-corrected chi connectivity index (χ0v) is 20.1. The van der Waals surface area contributed by atoms with Gasteiger partial charge in [0.05, 0.1) is 18.9 Å². The fourth-order valence-electron chi connectivity index (χ4n) is 2.89. The monoisotopic (exact) mass is 522 g/mol. The molecule has 34 heavy (non-hydrogen) atoms. The Labute approximate surface area is 206 Å². The third-order valence-electron chi connectivity index (χ3n) is 4.55. The van der Waals surface area contributed by atoms with Gasteiger partial charge in [-0.05, 0) is 82.0 Å². The van der Waals surface area contributed by atoms with E-state index in [1.807, 2.05) is 18.2 Å². The summed E-state index contributed by atoms with van der Waals surface area (Å²) < 4.78 is 16.9. The van der Waals surface area contributed by atoms with E-state index in [0.717, 1.165) is 5.56 Å². The van der Waals surface area contributed by atoms with Crippen molar-refractivity contribution in [3.63, 3.8) is 0 Å². The summed E-state index contributed by atoms with van der Waals surface area (Å²) >= 11 is 3.33. The van der Waals surface area contributed by atoms with Crippen LogP contribution in [0, 0.1) is 0 Å². The number of hydrogen-bond acceptors (Lipinski definition) is 6. The normalized spacial score (nSPS) is 10.5. The van der Waals surface area contributed by atoms with Crippen LogP contribution in [0.2, 0.25) is 0 Å². The number of allylic oxidation sites excluding steroid dienone is 1. The van der Waals surface area contributed by atoms with Crippen LogP contribution in [0.4, 0.5) is 0 Å². The molecule has 3 aromatic rings. The highest BCUT2D eigenvalue weighted by Crippen LogP contribution is 2.28. The maximum atomic E-state index is 12.3. The Morgan fingerprint density at radius 3 is 2.53 bits per heavy atom. The molecule has 3 rings (SSSR count). The zero-order chi connectivity index (χ0) is 24.3. The van der Waals surface area contributed by atoms with Crippen molar-refractivity contribution in [3.05, 3.63) is 101 Å². The molecule has 0 saturated carbocycles. The lowest BCUT2D eigenvalue weighted by molar-refractivity contribution is -0.123. The minimum Gasteiger partial charge on any atom is -0.493 e. The molecule has 0 spiro atoms. The summed E-state index contributed by atoms with van der Waals surface area (Å²) in [6.45, 7) is 3.49. The minimum atomic E-state index is -0.465. The molecule has 0 atom stereocenters. The molecule has 0 saturated heterocycles. The van der Waals surface area contributed by atoms with Gasteiger partial charge in [-0.3, -0.25) is 4.79 Å². The SMILES string of the molecule is C=CCc1ccc(OCC(=O)N/N=C/c2ccc(OC(=O)c3ccccc3Br)cc2)c(OC)c1. The minimum absolute atomic E-state index is 0.224. The fraction of sp³-hybridized carbons (Fsp3) is 0.115. The van der Waals surface area contributed by atoms with Crippen molar-refractivity contribution in [3.8, 4) is 17.2 Å². The Morgan fingerprint density at radius 1 is 1.06 bits per heavy atom. The third-order valence-corrected chi connectivity index (χ3v) is 5.25. The Bertz CT molecular complexity index is 1190. The maximum Gasteiger partial charge on any atom is 0.344 e. The van der Waals surface area contributed by atoms with Crippen molar-refractivity contribution in [1.29, 1.82) is 0 Å². The van der Waals surface area contributed by atoms with E-state index in [1.165, 1.54) is 13.3 Å². The van der Waals surface area contributed by atoms with Crippen LogP contribution in [-0.4, -0.2) is 31.8 Å². The Balaban J connectivity index is 1.49. The molecule has 0 aliphatic heterocycles. The first kappa shape index (κ1) is 24.7. The Hall–Kier alpha value is -3.91. The van der Waals surface area contributed by atoms with Gasteiger partial charge in [-0.1, -0.05) is 24.3 Å². The molecular formula is C26H23BrN2O5. The van der Waals surface area contributed by atoms with Crippen molar-refractivity contribution in [2.75, 3.05) is 13.7 Å². The second-order valence-electron chi connectivity index (χ2n) is 7.00. The van der Waals surface area contributed by atoms with Gasteiger partial charge in [0.25, 0.3) is 5.91 Å². The molecule has 1 N–H and O–H groups in total. The zero-order valence-electron chi connectivity index (χ0n) is 18.5. The lowest BCUT2D eigenvalue weighted by Crippen LogP contribution is -2.24. The number of halogens is 1. The van der Waals surface area contributed by atoms with Gasteiger partial charge < -0.3 is 14.2 Å². The summed E-state index contributed by atoms with van der Waals surface area (Å²) in [5.74, 6) is 0.502. The molecule has 0 aromatic heterocycles. The molecule has 0 aliphatic rings. The van der Waals surface area contributed by atoms with Gasteiger partial charge in [-0.25, -0.2) is 10.2 Å². The summed E-state index contributed by atoms with van der Waals surface area (Å²) in [6, 6.07) is 19.2. The number of esters is 1. The van der Waals surface area contributed by atoms with Crippen LogP contribution in [0.5, 0.6) is 17.2 Å². The van der Waals surface area contributed by atoms with E-state index in [-0.39, 0.29) is 6.61 Å². The van der Waals surface area contributed by atoms with Crippen LogP contribution in [0.1, 0.15) is 21.5 Å². The van der Waals surface area contributed by atoms with Crippen molar-refractivity contribution < 1.29 is 23.8 Å². The van der Waals surface area contributed by atoms with Crippen molar-refractivity contribution >= 4 is 34.0 Å². The van der Waals surface area contributed by atoms with E-state index in [2.05, 4.69) is 33.0 Å². The van der Waals surface area contributed by atoms with E-state index in [1.54, 1.807) is 54.6 Å². The molecule has 8 heteroatoms. The molecule has 7 nitrogen and oxygen atoms in total. The summed E-state index contributed by atoms with van der Waals surface area (Å²) in [6.07, 6.45) is 3.98. The number of rotatable bonds is 10. The first-order chi connectivity index (χ1) is 16.5. The largest absolute Gasteiger partial charge is 0.493 e. The van der Waals surface area contributed by atoms with Gasteiger partial charge in [0.1, 0.15) is 5.75 Å². The number of ether oxygens (including phenoxy) is 3. The average Bonchev–Trinajstić information content (AvgIpc) is 2.84. The van der Waals surface area contributed by atoms with Crippen molar-refractivity contribution in [2.24, 2.45) is 5.10 Å². The second-order valence-corrected chi connectivity index (χ2v) is 7.85. The van der Waals surface area contributed by atoms with E-state index in [9.17, 15) is 9.59 Å². The predicted octanol–water partition coefficient (Wildman–Crippen LogP) is 4.93. The van der Waals surface area contributed by atoms with Gasteiger partial charge >= 0.3 is 5.97 Å². The molecule has 0 unspecified atom stereocenters. The molecule has 0 heterocycles. The summed E-state index contributed by atoms with van der Waals surface area (Å²) in [5.41, 5.74) is 4.58. The predicted molar refractivity (Wildman–Crippen MR) is 134 cm³/mol. The van der Waals surface area contributed by atoms with E-state index >= 15 is 0 Å². The van der Waals surface area contributed by atoms with Crippen LogP contribution in [0.15, 0.2) is 89.0 Å². The summed E-state index contributed by atoms with van der Waals surface area (Å²) in [7, 11) is 1.54. The van der Waals surface area contributed by atoms with Crippen LogP contribution in [0.3, 0.4) is 0 Å². The van der Waals surface area contributed by atoms with Gasteiger partial charge in [0.2, 0.25) is 0 Å². The Kier molecular flexibility index (Phi) is 8.99. The number of amides is 1. The number of methoxy groups -OCH3 is 1. The molecular weight excluding hydrogens is 500 g/mol. The molecule has 1 amide bonds. The molecule has 3 aromatic carbocycles. The number of carbonyl (C=O) groups excluding carboxylic acids is 2. The lowest BCUT2D eigenvalue weighted by atomic mass is 10.1. The molecule has 0 aliphatic carbocycles.